The first-order chi connectivity index (χ1) is 11.0. The first kappa shape index (κ1) is 19.9. The fourth-order valence-corrected chi connectivity index (χ4v) is 1.70. The predicted octanol–water partition coefficient (Wildman–Crippen LogP) is 4.48. The van der Waals surface area contributed by atoms with Crippen LogP contribution >= 0.6 is 0 Å². The van der Waals surface area contributed by atoms with Crippen LogP contribution in [0.5, 0.6) is 5.75 Å². The van der Waals surface area contributed by atoms with Crippen molar-refractivity contribution >= 4 is 11.8 Å². The minimum absolute atomic E-state index is 0.0771. The van der Waals surface area contributed by atoms with E-state index >= 15 is 0 Å². The number of rotatable bonds is 8. The number of carbonyl (C=O) groups is 1. The Morgan fingerprint density at radius 2 is 1.71 bits per heavy atom. The van der Waals surface area contributed by atoms with Crippen LogP contribution in [0.25, 0.3) is 0 Å². The molecule has 1 aromatic rings. The Hall–Kier alpha value is -2.15. The van der Waals surface area contributed by atoms with E-state index < -0.39 is 16.7 Å². The van der Waals surface area contributed by atoms with E-state index in [0.717, 1.165) is 6.42 Å². The normalized spacial score (nSPS) is 11.9. The Kier molecular flexibility index (Phi) is 6.71. The van der Waals surface area contributed by atoms with Crippen molar-refractivity contribution in [2.45, 2.75) is 58.7 Å². The average Bonchev–Trinajstić information content (AvgIpc) is 2.46. The molecule has 24 heavy (non-hydrogen) atoms. The molecule has 0 saturated carbocycles. The number of non-ortho nitro benzene ring substituents is 1. The summed E-state index contributed by atoms with van der Waals surface area (Å²) in [6, 6.07) is 5.21. The summed E-state index contributed by atoms with van der Waals surface area (Å²) < 4.78 is 16.1. The molecule has 0 unspecified atom stereocenters. The second-order valence-electron chi connectivity index (χ2n) is 6.68. The predicted molar refractivity (Wildman–Crippen MR) is 89.2 cm³/mol. The van der Waals surface area contributed by atoms with Crippen molar-refractivity contribution in [2.24, 2.45) is 0 Å². The summed E-state index contributed by atoms with van der Waals surface area (Å²) in [5.74, 6) is 0.185. The highest BCUT2D eigenvalue weighted by Crippen LogP contribution is 2.22. The molecule has 0 aliphatic carbocycles. The molecule has 0 aliphatic heterocycles. The van der Waals surface area contributed by atoms with Gasteiger partial charge in [0.25, 0.3) is 5.69 Å². The lowest BCUT2D eigenvalue weighted by Crippen LogP contribution is -2.33. The molecule has 0 aliphatic rings. The molecule has 0 radical (unpaired) electrons. The van der Waals surface area contributed by atoms with Crippen molar-refractivity contribution in [1.82, 2.24) is 0 Å². The zero-order valence-corrected chi connectivity index (χ0v) is 14.8. The number of nitro groups is 1. The Morgan fingerprint density at radius 1 is 1.12 bits per heavy atom. The molecule has 7 nitrogen and oxygen atoms in total. The highest BCUT2D eigenvalue weighted by Gasteiger charge is 2.26. The molecular weight excluding hydrogens is 314 g/mol. The molecule has 7 heteroatoms. The van der Waals surface area contributed by atoms with Gasteiger partial charge in [0.15, 0.2) is 0 Å². The maximum atomic E-state index is 11.8. The van der Waals surface area contributed by atoms with E-state index in [1.807, 2.05) is 20.8 Å². The van der Waals surface area contributed by atoms with Crippen LogP contribution in [0, 0.1) is 10.1 Å². The van der Waals surface area contributed by atoms with E-state index in [4.69, 9.17) is 14.2 Å². The minimum Gasteiger partial charge on any atom is -0.428 e. The Morgan fingerprint density at radius 3 is 2.21 bits per heavy atom. The molecule has 1 aromatic carbocycles. The smallest absolute Gasteiger partial charge is 0.428 e. The number of nitro benzene ring substituents is 1. The summed E-state index contributed by atoms with van der Waals surface area (Å²) in [5.41, 5.74) is -1.04. The van der Waals surface area contributed by atoms with Crippen LogP contribution in [0.2, 0.25) is 0 Å². The molecule has 0 N–H and O–H groups in total. The van der Waals surface area contributed by atoms with Gasteiger partial charge in [0.05, 0.1) is 17.1 Å². The first-order valence-corrected chi connectivity index (χ1v) is 7.84. The van der Waals surface area contributed by atoms with Crippen LogP contribution in [0.1, 0.15) is 47.5 Å². The molecule has 134 valence electrons. The summed E-state index contributed by atoms with van der Waals surface area (Å²) >= 11 is 0. The number of carbonyl (C=O) groups excluding carboxylic acids is 1. The van der Waals surface area contributed by atoms with Crippen LogP contribution in [0.4, 0.5) is 10.5 Å². The van der Waals surface area contributed by atoms with E-state index in [9.17, 15) is 14.9 Å². The molecule has 0 saturated heterocycles. The topological polar surface area (TPSA) is 87.9 Å². The summed E-state index contributed by atoms with van der Waals surface area (Å²) in [4.78, 5) is 21.9. The molecule has 0 bridgehead atoms. The number of nitrogens with zero attached hydrogens (tertiary/aromatic N) is 1. The molecule has 0 fully saturated rings. The molecular formula is C17H25NO6. The first-order valence-electron chi connectivity index (χ1n) is 7.84. The van der Waals surface area contributed by atoms with E-state index in [2.05, 4.69) is 0 Å². The quantitative estimate of drug-likeness (QED) is 0.300. The maximum Gasteiger partial charge on any atom is 0.514 e. The van der Waals surface area contributed by atoms with Crippen LogP contribution in [-0.2, 0) is 9.47 Å². The summed E-state index contributed by atoms with van der Waals surface area (Å²) in [7, 11) is 0. The van der Waals surface area contributed by atoms with Gasteiger partial charge in [-0.2, -0.15) is 0 Å². The SMILES string of the molecule is CCC(C)(C)OCCC(C)(C)OC(=O)Oc1ccc([N+](=O)[O-])cc1. The van der Waals surface area contributed by atoms with Crippen LogP contribution in [0.3, 0.4) is 0 Å². The van der Waals surface area contributed by atoms with Crippen molar-refractivity contribution in [1.29, 1.82) is 0 Å². The van der Waals surface area contributed by atoms with Crippen LogP contribution in [-0.4, -0.2) is 28.9 Å². The van der Waals surface area contributed by atoms with Crippen molar-refractivity contribution in [3.05, 3.63) is 34.4 Å². The zero-order chi connectivity index (χ0) is 18.4. The second-order valence-corrected chi connectivity index (χ2v) is 6.68. The van der Waals surface area contributed by atoms with Crippen LogP contribution in [0.15, 0.2) is 24.3 Å². The fourth-order valence-electron chi connectivity index (χ4n) is 1.70. The summed E-state index contributed by atoms with van der Waals surface area (Å²) in [5, 5.41) is 10.6. The lowest BCUT2D eigenvalue weighted by atomic mass is 10.0. The molecule has 0 heterocycles. The Bertz CT molecular complexity index is 565. The van der Waals surface area contributed by atoms with Gasteiger partial charge in [-0.3, -0.25) is 10.1 Å². The average molecular weight is 339 g/mol. The van der Waals surface area contributed by atoms with E-state index in [1.54, 1.807) is 13.8 Å². The molecule has 1 rings (SSSR count). The largest absolute Gasteiger partial charge is 0.514 e. The maximum absolute atomic E-state index is 11.8. The van der Waals surface area contributed by atoms with Crippen molar-refractivity contribution in [3.8, 4) is 5.75 Å². The highest BCUT2D eigenvalue weighted by molar-refractivity contribution is 5.64. The summed E-state index contributed by atoms with van der Waals surface area (Å²) in [6.07, 6.45) is 0.547. The van der Waals surface area contributed by atoms with E-state index in [-0.39, 0.29) is 17.0 Å². The van der Waals surface area contributed by atoms with Crippen LogP contribution < -0.4 is 4.74 Å². The van der Waals surface area contributed by atoms with Gasteiger partial charge >= 0.3 is 6.16 Å². The van der Waals surface area contributed by atoms with Gasteiger partial charge in [-0.1, -0.05) is 6.92 Å². The molecule has 0 amide bonds. The van der Waals surface area contributed by atoms with Gasteiger partial charge in [-0.05, 0) is 46.2 Å². The monoisotopic (exact) mass is 339 g/mol. The van der Waals surface area contributed by atoms with Gasteiger partial charge in [0.1, 0.15) is 11.4 Å². The third kappa shape index (κ3) is 6.95. The molecule has 0 atom stereocenters. The number of hydrogen-bond acceptors (Lipinski definition) is 6. The van der Waals surface area contributed by atoms with Crippen molar-refractivity contribution < 1.29 is 23.9 Å². The summed E-state index contributed by atoms with van der Waals surface area (Å²) in [6.45, 7) is 10.0. The highest BCUT2D eigenvalue weighted by atomic mass is 16.7. The van der Waals surface area contributed by atoms with Crippen molar-refractivity contribution in [2.75, 3.05) is 6.61 Å². The Labute approximate surface area is 142 Å². The molecule has 0 spiro atoms. The molecule has 0 aromatic heterocycles. The lowest BCUT2D eigenvalue weighted by Gasteiger charge is -2.28. The minimum atomic E-state index is -0.858. The number of benzene rings is 1. The number of ether oxygens (including phenoxy) is 3. The van der Waals surface area contributed by atoms with Gasteiger partial charge in [-0.25, -0.2) is 4.79 Å². The third-order valence-electron chi connectivity index (χ3n) is 3.66. The standard InChI is InChI=1S/C17H25NO6/c1-6-16(2,3)22-12-11-17(4,5)24-15(19)23-14-9-7-13(8-10-14)18(20)21/h7-10H,6,11-12H2,1-5H3. The number of hydrogen-bond donors (Lipinski definition) is 0. The second kappa shape index (κ2) is 8.10. The Balaban J connectivity index is 2.48. The van der Waals surface area contributed by atoms with Gasteiger partial charge in [0, 0.05) is 18.6 Å². The van der Waals surface area contributed by atoms with Crippen molar-refractivity contribution in [3.63, 3.8) is 0 Å². The van der Waals surface area contributed by atoms with E-state index in [1.165, 1.54) is 24.3 Å². The lowest BCUT2D eigenvalue weighted by molar-refractivity contribution is -0.384. The van der Waals surface area contributed by atoms with Gasteiger partial charge in [-0.15, -0.1) is 0 Å². The third-order valence-corrected chi connectivity index (χ3v) is 3.66. The zero-order valence-electron chi connectivity index (χ0n) is 14.8. The van der Waals surface area contributed by atoms with E-state index in [0.29, 0.717) is 13.0 Å². The fraction of sp³-hybridized carbons (Fsp3) is 0.588. The van der Waals surface area contributed by atoms with Gasteiger partial charge in [0.2, 0.25) is 0 Å². The van der Waals surface area contributed by atoms with Gasteiger partial charge < -0.3 is 14.2 Å².